The Morgan fingerprint density at radius 3 is 2.58 bits per heavy atom. The van der Waals surface area contributed by atoms with E-state index in [4.69, 9.17) is 9.47 Å². The summed E-state index contributed by atoms with van der Waals surface area (Å²) in [5.74, 6) is 1.60. The first-order chi connectivity index (χ1) is 16.0. The van der Waals surface area contributed by atoms with E-state index in [0.29, 0.717) is 28.5 Å². The van der Waals surface area contributed by atoms with Gasteiger partial charge in [0.2, 0.25) is 0 Å². The lowest BCUT2D eigenvalue weighted by molar-refractivity contribution is 0.284. The highest BCUT2D eigenvalue weighted by molar-refractivity contribution is 5.90. The van der Waals surface area contributed by atoms with Crippen LogP contribution in [0.3, 0.4) is 0 Å². The fraction of sp³-hybridized carbons (Fsp3) is 0.148. The number of fused-ring (bicyclic) bond motifs is 1. The van der Waals surface area contributed by atoms with Crippen molar-refractivity contribution in [3.8, 4) is 23.6 Å². The number of nitriles is 2. The molecule has 0 fully saturated rings. The zero-order chi connectivity index (χ0) is 23.4. The number of aryl methyl sites for hydroxylation is 2. The summed E-state index contributed by atoms with van der Waals surface area (Å²) in [6.45, 7) is 4.33. The zero-order valence-corrected chi connectivity index (χ0v) is 18.6. The van der Waals surface area contributed by atoms with E-state index in [-0.39, 0.29) is 6.61 Å². The van der Waals surface area contributed by atoms with Gasteiger partial charge in [-0.25, -0.2) is 4.98 Å². The molecule has 6 heteroatoms. The van der Waals surface area contributed by atoms with Gasteiger partial charge in [0, 0.05) is 5.56 Å². The largest absolute Gasteiger partial charge is 0.493 e. The van der Waals surface area contributed by atoms with Crippen LogP contribution in [0.25, 0.3) is 22.7 Å². The summed E-state index contributed by atoms with van der Waals surface area (Å²) in [4.78, 5) is 7.83. The molecule has 1 N–H and O–H groups in total. The zero-order valence-electron chi connectivity index (χ0n) is 18.6. The Morgan fingerprint density at radius 2 is 1.82 bits per heavy atom. The van der Waals surface area contributed by atoms with Crippen LogP contribution in [0.15, 0.2) is 54.6 Å². The van der Waals surface area contributed by atoms with Gasteiger partial charge in [0.05, 0.1) is 35.3 Å². The highest BCUT2D eigenvalue weighted by atomic mass is 16.5. The molecule has 0 atom stereocenters. The molecule has 6 nitrogen and oxygen atoms in total. The Kier molecular flexibility index (Phi) is 6.11. The van der Waals surface area contributed by atoms with Crippen LogP contribution in [0.4, 0.5) is 0 Å². The first-order valence-electron chi connectivity index (χ1n) is 10.4. The molecule has 33 heavy (non-hydrogen) atoms. The molecule has 0 amide bonds. The van der Waals surface area contributed by atoms with E-state index in [9.17, 15) is 10.5 Å². The van der Waals surface area contributed by atoms with E-state index in [1.54, 1.807) is 31.4 Å². The van der Waals surface area contributed by atoms with Gasteiger partial charge in [-0.2, -0.15) is 10.5 Å². The third-order valence-electron chi connectivity index (χ3n) is 5.49. The molecule has 0 radical (unpaired) electrons. The molecule has 1 aromatic heterocycles. The van der Waals surface area contributed by atoms with Gasteiger partial charge in [0.25, 0.3) is 0 Å². The third-order valence-corrected chi connectivity index (χ3v) is 5.49. The SMILES string of the molecule is COc1cc(C=C(C#N)c2nc3cc(C)c(C)cc3[nH]2)ccc1OCc1ccccc1C#N. The van der Waals surface area contributed by atoms with Crippen LogP contribution >= 0.6 is 0 Å². The smallest absolute Gasteiger partial charge is 0.161 e. The molecule has 1 heterocycles. The molecule has 4 rings (SSSR count). The molecular weight excluding hydrogens is 412 g/mol. The number of nitrogens with zero attached hydrogens (tertiary/aromatic N) is 3. The average Bonchev–Trinajstić information content (AvgIpc) is 3.24. The van der Waals surface area contributed by atoms with E-state index in [1.165, 1.54) is 0 Å². The molecule has 0 bridgehead atoms. The summed E-state index contributed by atoms with van der Waals surface area (Å²) < 4.78 is 11.4. The van der Waals surface area contributed by atoms with E-state index in [2.05, 4.69) is 22.1 Å². The lowest BCUT2D eigenvalue weighted by Crippen LogP contribution is -2.00. The number of aromatic nitrogens is 2. The second-order valence-electron chi connectivity index (χ2n) is 7.68. The number of H-pyrrole nitrogens is 1. The average molecular weight is 434 g/mol. The first kappa shape index (κ1) is 21.7. The molecular formula is C27H22N4O2. The van der Waals surface area contributed by atoms with E-state index >= 15 is 0 Å². The van der Waals surface area contributed by atoms with Crippen molar-refractivity contribution in [2.24, 2.45) is 0 Å². The van der Waals surface area contributed by atoms with Gasteiger partial charge >= 0.3 is 0 Å². The second kappa shape index (κ2) is 9.30. The minimum atomic E-state index is 0.247. The van der Waals surface area contributed by atoms with Crippen molar-refractivity contribution < 1.29 is 9.47 Å². The van der Waals surface area contributed by atoms with Crippen molar-refractivity contribution in [1.29, 1.82) is 10.5 Å². The predicted octanol–water partition coefficient (Wildman–Crippen LogP) is 5.70. The number of rotatable bonds is 6. The lowest BCUT2D eigenvalue weighted by atomic mass is 10.1. The topological polar surface area (TPSA) is 94.7 Å². The number of imidazole rings is 1. The standard InChI is InChI=1S/C27H22N4O2/c1-17-10-23-24(11-18(17)2)31-27(30-23)22(15-29)12-19-8-9-25(26(13-19)32-3)33-16-21-7-5-4-6-20(21)14-28/h4-13H,16H2,1-3H3,(H,30,31). The van der Waals surface area contributed by atoms with Gasteiger partial charge in [-0.15, -0.1) is 0 Å². The predicted molar refractivity (Wildman–Crippen MR) is 128 cm³/mol. The van der Waals surface area contributed by atoms with Crippen LogP contribution in [0.2, 0.25) is 0 Å². The fourth-order valence-corrected chi connectivity index (χ4v) is 3.52. The van der Waals surface area contributed by atoms with Crippen molar-refractivity contribution in [3.05, 3.63) is 88.2 Å². The number of allylic oxidation sites excluding steroid dienone is 1. The van der Waals surface area contributed by atoms with Crippen LogP contribution in [0.1, 0.15) is 33.6 Å². The molecule has 0 saturated heterocycles. The van der Waals surface area contributed by atoms with Gasteiger partial charge in [-0.1, -0.05) is 24.3 Å². The van der Waals surface area contributed by atoms with Crippen LogP contribution in [0, 0.1) is 36.5 Å². The molecule has 0 unspecified atom stereocenters. The first-order valence-corrected chi connectivity index (χ1v) is 10.4. The van der Waals surface area contributed by atoms with Crippen molar-refractivity contribution in [3.63, 3.8) is 0 Å². The molecule has 162 valence electrons. The van der Waals surface area contributed by atoms with Crippen LogP contribution in [-0.2, 0) is 6.61 Å². The highest BCUT2D eigenvalue weighted by Crippen LogP contribution is 2.31. The summed E-state index contributed by atoms with van der Waals surface area (Å²) in [5, 5.41) is 19.0. The Morgan fingerprint density at radius 1 is 1.03 bits per heavy atom. The van der Waals surface area contributed by atoms with Gasteiger partial charge in [-0.05, 0) is 66.9 Å². The van der Waals surface area contributed by atoms with Gasteiger partial charge in [0.1, 0.15) is 18.5 Å². The maximum Gasteiger partial charge on any atom is 0.161 e. The third kappa shape index (κ3) is 4.56. The van der Waals surface area contributed by atoms with E-state index in [0.717, 1.165) is 33.3 Å². The molecule has 0 aliphatic carbocycles. The number of methoxy groups -OCH3 is 1. The van der Waals surface area contributed by atoms with E-state index in [1.807, 2.05) is 50.2 Å². The van der Waals surface area contributed by atoms with Gasteiger partial charge in [0.15, 0.2) is 11.5 Å². The Labute approximate surface area is 192 Å². The summed E-state index contributed by atoms with van der Waals surface area (Å²) in [5.41, 5.74) is 6.61. The number of hydrogen-bond acceptors (Lipinski definition) is 5. The number of benzene rings is 3. The number of ether oxygens (including phenoxy) is 2. The number of nitrogens with one attached hydrogen (secondary N) is 1. The normalized spacial score (nSPS) is 11.1. The summed E-state index contributed by atoms with van der Waals surface area (Å²) in [6, 6.07) is 21.2. The second-order valence-corrected chi connectivity index (χ2v) is 7.68. The Bertz CT molecular complexity index is 1410. The summed E-state index contributed by atoms with van der Waals surface area (Å²) in [6.07, 6.45) is 1.76. The molecule has 3 aromatic carbocycles. The van der Waals surface area contributed by atoms with Gasteiger partial charge in [-0.3, -0.25) is 0 Å². The number of hydrogen-bond donors (Lipinski definition) is 1. The molecule has 0 aliphatic rings. The lowest BCUT2D eigenvalue weighted by Gasteiger charge is -2.12. The van der Waals surface area contributed by atoms with Crippen LogP contribution in [-0.4, -0.2) is 17.1 Å². The quantitative estimate of drug-likeness (QED) is 0.393. The van der Waals surface area contributed by atoms with Crippen LogP contribution in [0.5, 0.6) is 11.5 Å². The minimum absolute atomic E-state index is 0.247. The van der Waals surface area contributed by atoms with Crippen molar-refractivity contribution in [2.75, 3.05) is 7.11 Å². The van der Waals surface area contributed by atoms with Crippen molar-refractivity contribution >= 4 is 22.7 Å². The van der Waals surface area contributed by atoms with Crippen molar-refractivity contribution in [2.45, 2.75) is 20.5 Å². The molecule has 4 aromatic rings. The maximum atomic E-state index is 9.76. The molecule has 0 aliphatic heterocycles. The molecule has 0 spiro atoms. The monoisotopic (exact) mass is 434 g/mol. The van der Waals surface area contributed by atoms with Crippen molar-refractivity contribution in [1.82, 2.24) is 9.97 Å². The maximum absolute atomic E-state index is 9.76. The van der Waals surface area contributed by atoms with Gasteiger partial charge < -0.3 is 14.5 Å². The summed E-state index contributed by atoms with van der Waals surface area (Å²) >= 11 is 0. The minimum Gasteiger partial charge on any atom is -0.493 e. The van der Waals surface area contributed by atoms with Crippen LogP contribution < -0.4 is 9.47 Å². The molecule has 0 saturated carbocycles. The summed E-state index contributed by atoms with van der Waals surface area (Å²) in [7, 11) is 1.56. The van der Waals surface area contributed by atoms with E-state index < -0.39 is 0 Å². The number of aromatic amines is 1. The fourth-order valence-electron chi connectivity index (χ4n) is 3.52. The highest BCUT2D eigenvalue weighted by Gasteiger charge is 2.11. The Balaban J connectivity index is 1.61. The Hall–Kier alpha value is -4.55.